The molecule has 34 heavy (non-hydrogen) atoms. The molecule has 3 nitrogen and oxygen atoms in total. The minimum absolute atomic E-state index is 0.119. The number of aryl methyl sites for hydroxylation is 2. The first kappa shape index (κ1) is 29.6. The Kier molecular flexibility index (Phi) is 15.7. The van der Waals surface area contributed by atoms with Crippen LogP contribution in [-0.2, 0) is 28.9 Å². The van der Waals surface area contributed by atoms with Crippen molar-refractivity contribution < 1.29 is 9.53 Å². The summed E-state index contributed by atoms with van der Waals surface area (Å²) in [6.45, 7) is 12.7. The Morgan fingerprint density at radius 1 is 1.00 bits per heavy atom. The summed E-state index contributed by atoms with van der Waals surface area (Å²) in [7, 11) is 0. The van der Waals surface area contributed by atoms with Crippen LogP contribution in [0.5, 0.6) is 0 Å². The van der Waals surface area contributed by atoms with Crippen LogP contribution in [0.2, 0.25) is 0 Å². The number of nitrogens with zero attached hydrogens (tertiary/aromatic N) is 1. The van der Waals surface area contributed by atoms with Gasteiger partial charge in [0.25, 0.3) is 0 Å². The summed E-state index contributed by atoms with van der Waals surface area (Å²) in [5.41, 5.74) is 5.20. The molecule has 2 aromatic rings. The van der Waals surface area contributed by atoms with E-state index in [1.165, 1.54) is 44.1 Å². The number of ether oxygens (including phenoxy) is 1. The second-order valence-electron chi connectivity index (χ2n) is 8.49. The highest BCUT2D eigenvalue weighted by atomic mass is 16.5. The quantitative estimate of drug-likeness (QED) is 0.464. The molecule has 186 valence electrons. The van der Waals surface area contributed by atoms with Crippen LogP contribution >= 0.6 is 0 Å². The minimum Gasteiger partial charge on any atom is -0.378 e. The number of hydrogen-bond donors (Lipinski definition) is 0. The molecule has 1 heterocycles. The molecule has 0 saturated carbocycles. The number of carbonyl (C=O) groups is 1. The van der Waals surface area contributed by atoms with Gasteiger partial charge in [-0.3, -0.25) is 9.69 Å². The van der Waals surface area contributed by atoms with Crippen molar-refractivity contribution in [2.24, 2.45) is 0 Å². The van der Waals surface area contributed by atoms with E-state index >= 15 is 0 Å². The smallest absolute Gasteiger partial charge is 0.149 e. The van der Waals surface area contributed by atoms with Crippen molar-refractivity contribution in [3.8, 4) is 12.3 Å². The van der Waals surface area contributed by atoms with Crippen molar-refractivity contribution in [1.82, 2.24) is 4.90 Å². The van der Waals surface area contributed by atoms with Crippen molar-refractivity contribution in [1.29, 1.82) is 0 Å². The van der Waals surface area contributed by atoms with Crippen LogP contribution in [0, 0.1) is 12.3 Å². The Hall–Kier alpha value is -2.41. The molecule has 3 heteroatoms. The molecule has 2 aromatic carbocycles. The number of unbranched alkanes of at least 4 members (excludes halogenated alkanes) is 1. The maximum atomic E-state index is 11.6. The van der Waals surface area contributed by atoms with E-state index in [2.05, 4.69) is 48.9 Å². The topological polar surface area (TPSA) is 29.5 Å². The number of benzene rings is 2. The first-order chi connectivity index (χ1) is 16.6. The Morgan fingerprint density at radius 3 is 2.03 bits per heavy atom. The maximum Gasteiger partial charge on any atom is 0.149 e. The van der Waals surface area contributed by atoms with E-state index in [4.69, 9.17) is 11.2 Å². The van der Waals surface area contributed by atoms with E-state index in [1.54, 1.807) is 18.1 Å². The molecule has 4 rings (SSSR count). The zero-order valence-corrected chi connectivity index (χ0v) is 22.1. The summed E-state index contributed by atoms with van der Waals surface area (Å²) in [5, 5.41) is 0. The fraction of sp³-hybridized carbons (Fsp3) is 0.516. The molecule has 1 atom stereocenters. The number of rotatable bonds is 4. The first-order valence-corrected chi connectivity index (χ1v) is 13.0. The maximum absolute atomic E-state index is 11.6. The summed E-state index contributed by atoms with van der Waals surface area (Å²) in [6, 6.07) is 16.6. The van der Waals surface area contributed by atoms with Crippen LogP contribution in [0.1, 0.15) is 82.6 Å². The van der Waals surface area contributed by atoms with Gasteiger partial charge in [-0.15, -0.1) is 6.42 Å². The lowest BCUT2D eigenvalue weighted by molar-refractivity contribution is -0.128. The van der Waals surface area contributed by atoms with Gasteiger partial charge in [0.15, 0.2) is 0 Å². The van der Waals surface area contributed by atoms with Crippen LogP contribution < -0.4 is 0 Å². The fourth-order valence-electron chi connectivity index (χ4n) is 3.82. The zero-order chi connectivity index (χ0) is 25.2. The third-order valence-corrected chi connectivity index (χ3v) is 5.98. The van der Waals surface area contributed by atoms with E-state index in [0.29, 0.717) is 13.2 Å². The number of hydrogen-bond acceptors (Lipinski definition) is 3. The molecule has 1 fully saturated rings. The molecule has 0 radical (unpaired) electrons. The largest absolute Gasteiger partial charge is 0.378 e. The normalized spacial score (nSPS) is 16.6. The molecular weight excluding hydrogens is 418 g/mol. The van der Waals surface area contributed by atoms with E-state index in [0.717, 1.165) is 18.7 Å². The van der Waals surface area contributed by atoms with Gasteiger partial charge in [-0.05, 0) is 61.4 Å². The van der Waals surface area contributed by atoms with Crippen LogP contribution in [0.15, 0.2) is 48.5 Å². The van der Waals surface area contributed by atoms with Gasteiger partial charge in [0.2, 0.25) is 0 Å². The third kappa shape index (κ3) is 10.7. The number of Topliss-reactive ketones (excluding diaryl/α,β-unsaturated/α-hetero) is 1. The van der Waals surface area contributed by atoms with Crippen molar-refractivity contribution in [2.45, 2.75) is 85.7 Å². The van der Waals surface area contributed by atoms with Gasteiger partial charge < -0.3 is 4.74 Å². The monoisotopic (exact) mass is 463 g/mol. The molecule has 0 bridgehead atoms. The highest BCUT2D eigenvalue weighted by molar-refractivity contribution is 5.81. The van der Waals surface area contributed by atoms with E-state index < -0.39 is 0 Å². The molecule has 1 unspecified atom stereocenters. The Morgan fingerprint density at radius 2 is 1.56 bits per heavy atom. The van der Waals surface area contributed by atoms with Gasteiger partial charge in [0.1, 0.15) is 5.78 Å². The lowest BCUT2D eigenvalue weighted by Gasteiger charge is -2.33. The Labute approximate surface area is 208 Å². The second kappa shape index (κ2) is 18.0. The molecule has 0 aromatic heterocycles. The van der Waals surface area contributed by atoms with E-state index in [1.807, 2.05) is 38.1 Å². The lowest BCUT2D eigenvalue weighted by atomic mass is 9.92. The summed E-state index contributed by atoms with van der Waals surface area (Å²) in [6.07, 6.45) is 13.3. The highest BCUT2D eigenvalue weighted by Crippen LogP contribution is 2.19. The summed E-state index contributed by atoms with van der Waals surface area (Å²) < 4.78 is 5.36. The van der Waals surface area contributed by atoms with Crippen molar-refractivity contribution in [3.05, 3.63) is 70.8 Å². The molecule has 0 spiro atoms. The van der Waals surface area contributed by atoms with Gasteiger partial charge in [-0.2, -0.15) is 0 Å². The highest BCUT2D eigenvalue weighted by Gasteiger charge is 2.26. The average Bonchev–Trinajstić information content (AvgIpc) is 2.91. The Balaban J connectivity index is 0.000000302. The van der Waals surface area contributed by atoms with Crippen molar-refractivity contribution in [3.63, 3.8) is 0 Å². The van der Waals surface area contributed by atoms with Gasteiger partial charge >= 0.3 is 0 Å². The number of ketones is 1. The number of fused-ring (bicyclic) bond motifs is 1. The van der Waals surface area contributed by atoms with E-state index in [-0.39, 0.29) is 11.8 Å². The standard InChI is InChI=1S/C15H17NO2.C10H12.C4H10.C2H6/c1-3-13-4-6-14(7-5-13)10-16-8-9-18-11-15(16)12(2)17;1-2-6-10-8-4-3-7-9(10)5-1;1-3-4-2;1-2/h1,4-7,15H,8-11H2,2H3;1-2,5-6H,3-4,7-8H2;3-4H2,1-2H3;1-2H3. The second-order valence-corrected chi connectivity index (χ2v) is 8.49. The van der Waals surface area contributed by atoms with Crippen LogP contribution in [0.25, 0.3) is 0 Å². The lowest BCUT2D eigenvalue weighted by Crippen LogP contribution is -2.48. The third-order valence-electron chi connectivity index (χ3n) is 5.98. The minimum atomic E-state index is -0.119. The first-order valence-electron chi connectivity index (χ1n) is 13.0. The van der Waals surface area contributed by atoms with Gasteiger partial charge in [0, 0.05) is 18.7 Å². The van der Waals surface area contributed by atoms with Crippen LogP contribution in [0.4, 0.5) is 0 Å². The zero-order valence-electron chi connectivity index (χ0n) is 22.1. The fourth-order valence-corrected chi connectivity index (χ4v) is 3.82. The summed E-state index contributed by atoms with van der Waals surface area (Å²) >= 11 is 0. The van der Waals surface area contributed by atoms with Crippen LogP contribution in [-0.4, -0.2) is 36.5 Å². The van der Waals surface area contributed by atoms with Gasteiger partial charge in [-0.1, -0.05) is 82.9 Å². The molecule has 2 aliphatic rings. The molecule has 1 aliphatic carbocycles. The van der Waals surface area contributed by atoms with Gasteiger partial charge in [-0.25, -0.2) is 0 Å². The van der Waals surface area contributed by atoms with Crippen molar-refractivity contribution >= 4 is 5.78 Å². The Bertz CT molecular complexity index is 823. The number of morpholine rings is 1. The molecule has 1 saturated heterocycles. The predicted molar refractivity (Wildman–Crippen MR) is 145 cm³/mol. The molecule has 0 amide bonds. The predicted octanol–water partition coefficient (Wildman–Crippen LogP) is 6.86. The number of carbonyl (C=O) groups excluding carboxylic acids is 1. The summed E-state index contributed by atoms with van der Waals surface area (Å²) in [4.78, 5) is 13.7. The number of terminal acetylenes is 1. The average molecular weight is 464 g/mol. The molecule has 1 aliphatic heterocycles. The summed E-state index contributed by atoms with van der Waals surface area (Å²) in [5.74, 6) is 2.76. The SMILES string of the molecule is C#Cc1ccc(CN2CCOCC2C(C)=O)cc1.CC.CCCC.c1ccc2c(c1)CCCC2. The molecule has 0 N–H and O–H groups in total. The van der Waals surface area contributed by atoms with Crippen molar-refractivity contribution in [2.75, 3.05) is 19.8 Å². The van der Waals surface area contributed by atoms with Crippen LogP contribution in [0.3, 0.4) is 0 Å². The van der Waals surface area contributed by atoms with Gasteiger partial charge in [0.05, 0.1) is 19.3 Å². The van der Waals surface area contributed by atoms with E-state index in [9.17, 15) is 4.79 Å². The molecular formula is C31H45NO2.